The van der Waals surface area contributed by atoms with Crippen molar-refractivity contribution in [3.63, 3.8) is 0 Å². The van der Waals surface area contributed by atoms with Crippen LogP contribution in [0.4, 0.5) is 0 Å². The Labute approximate surface area is 70.7 Å². The second-order valence-corrected chi connectivity index (χ2v) is 2.96. The smallest absolute Gasteiger partial charge is 0.153 e. The number of rotatable bonds is 1. The van der Waals surface area contributed by atoms with Crippen LogP contribution in [0, 0.1) is 0 Å². The van der Waals surface area contributed by atoms with Crippen molar-refractivity contribution in [2.45, 2.75) is 12.8 Å². The zero-order valence-electron chi connectivity index (χ0n) is 6.81. The molecule has 2 heterocycles. The van der Waals surface area contributed by atoms with Gasteiger partial charge in [-0.05, 0) is 12.5 Å². The van der Waals surface area contributed by atoms with Crippen LogP contribution in [0.2, 0.25) is 0 Å². The first kappa shape index (κ1) is 7.34. The first-order valence-corrected chi connectivity index (χ1v) is 4.13. The SMILES string of the molecule is O=C1CCCN(n2cccn2)C1. The summed E-state index contributed by atoms with van der Waals surface area (Å²) in [5.41, 5.74) is 0. The highest BCUT2D eigenvalue weighted by Crippen LogP contribution is 2.03. The molecule has 4 nitrogen and oxygen atoms in total. The maximum Gasteiger partial charge on any atom is 0.153 e. The first-order valence-electron chi connectivity index (χ1n) is 4.13. The van der Waals surface area contributed by atoms with Gasteiger partial charge in [0, 0.05) is 19.2 Å². The van der Waals surface area contributed by atoms with Crippen molar-refractivity contribution < 1.29 is 4.79 Å². The number of hydrogen-bond donors (Lipinski definition) is 0. The van der Waals surface area contributed by atoms with Crippen LogP contribution >= 0.6 is 0 Å². The molecule has 0 atom stereocenters. The van der Waals surface area contributed by atoms with Crippen LogP contribution in [0.5, 0.6) is 0 Å². The first-order chi connectivity index (χ1) is 5.86. The Balaban J connectivity index is 2.09. The number of ketones is 1. The number of nitrogens with zero attached hydrogens (tertiary/aromatic N) is 3. The number of hydrogen-bond acceptors (Lipinski definition) is 3. The molecular formula is C8H11N3O. The topological polar surface area (TPSA) is 38.1 Å². The fraction of sp³-hybridized carbons (Fsp3) is 0.500. The maximum absolute atomic E-state index is 11.1. The van der Waals surface area contributed by atoms with Gasteiger partial charge >= 0.3 is 0 Å². The Kier molecular flexibility index (Phi) is 1.81. The quantitative estimate of drug-likeness (QED) is 0.596. The fourth-order valence-electron chi connectivity index (χ4n) is 1.42. The van der Waals surface area contributed by atoms with E-state index in [-0.39, 0.29) is 0 Å². The second-order valence-electron chi connectivity index (χ2n) is 2.96. The van der Waals surface area contributed by atoms with Gasteiger partial charge < -0.3 is 0 Å². The van der Waals surface area contributed by atoms with Crippen molar-refractivity contribution in [3.05, 3.63) is 18.5 Å². The van der Waals surface area contributed by atoms with Crippen molar-refractivity contribution in [2.24, 2.45) is 0 Å². The van der Waals surface area contributed by atoms with E-state index in [4.69, 9.17) is 0 Å². The Bertz CT molecular complexity index is 268. The highest BCUT2D eigenvalue weighted by molar-refractivity contribution is 5.82. The van der Waals surface area contributed by atoms with Gasteiger partial charge in [-0.25, -0.2) is 0 Å². The Morgan fingerprint density at radius 3 is 3.08 bits per heavy atom. The molecule has 12 heavy (non-hydrogen) atoms. The lowest BCUT2D eigenvalue weighted by molar-refractivity contribution is -0.118. The third kappa shape index (κ3) is 1.32. The molecule has 2 rings (SSSR count). The highest BCUT2D eigenvalue weighted by atomic mass is 16.1. The molecule has 0 unspecified atom stereocenters. The third-order valence-corrected chi connectivity index (χ3v) is 2.01. The monoisotopic (exact) mass is 165 g/mol. The van der Waals surface area contributed by atoms with Crippen LogP contribution in [0.15, 0.2) is 18.5 Å². The molecule has 1 aliphatic heterocycles. The van der Waals surface area contributed by atoms with Crippen LogP contribution in [0.25, 0.3) is 0 Å². The summed E-state index contributed by atoms with van der Waals surface area (Å²) in [5.74, 6) is 0.303. The predicted molar refractivity (Wildman–Crippen MR) is 44.4 cm³/mol. The minimum Gasteiger partial charge on any atom is -0.298 e. The van der Waals surface area contributed by atoms with Crippen molar-refractivity contribution >= 4 is 5.78 Å². The molecule has 1 saturated heterocycles. The second kappa shape index (κ2) is 2.97. The van der Waals surface area contributed by atoms with E-state index in [9.17, 15) is 4.79 Å². The molecule has 64 valence electrons. The minimum atomic E-state index is 0.303. The summed E-state index contributed by atoms with van der Waals surface area (Å²) >= 11 is 0. The van der Waals surface area contributed by atoms with E-state index in [0.29, 0.717) is 12.3 Å². The van der Waals surface area contributed by atoms with Gasteiger partial charge in [0.15, 0.2) is 5.78 Å². The fourth-order valence-corrected chi connectivity index (χ4v) is 1.42. The Hall–Kier alpha value is -1.32. The van der Waals surface area contributed by atoms with Crippen molar-refractivity contribution in [1.82, 2.24) is 9.89 Å². The molecule has 1 aliphatic rings. The molecule has 4 heteroatoms. The van der Waals surface area contributed by atoms with E-state index in [1.807, 2.05) is 17.3 Å². The summed E-state index contributed by atoms with van der Waals surface area (Å²) < 4.78 is 0. The van der Waals surface area contributed by atoms with Gasteiger partial charge in [-0.3, -0.25) is 9.80 Å². The number of carbonyl (C=O) groups excluding carboxylic acids is 1. The molecule has 0 spiro atoms. The predicted octanol–water partition coefficient (Wildman–Crippen LogP) is 0.184. The lowest BCUT2D eigenvalue weighted by Crippen LogP contribution is -2.43. The summed E-state index contributed by atoms with van der Waals surface area (Å²) in [6, 6.07) is 1.86. The van der Waals surface area contributed by atoms with Gasteiger partial charge in [-0.1, -0.05) is 0 Å². The standard InChI is InChI=1S/C8H11N3O/c12-8-3-1-5-10(7-8)11-6-2-4-9-11/h2,4,6H,1,3,5,7H2. The molecule has 0 saturated carbocycles. The average molecular weight is 165 g/mol. The van der Waals surface area contributed by atoms with Gasteiger partial charge in [-0.2, -0.15) is 9.89 Å². The molecule has 0 bridgehead atoms. The number of Topliss-reactive ketones (excluding diaryl/α,β-unsaturated/α-hetero) is 1. The normalized spacial score (nSPS) is 18.3. The van der Waals surface area contributed by atoms with Gasteiger partial charge in [0.05, 0.1) is 12.7 Å². The van der Waals surface area contributed by atoms with Crippen LogP contribution in [-0.4, -0.2) is 28.8 Å². The molecule has 1 fully saturated rings. The summed E-state index contributed by atoms with van der Waals surface area (Å²) in [6.45, 7) is 1.43. The molecule has 0 aromatic carbocycles. The van der Waals surface area contributed by atoms with Gasteiger partial charge in [-0.15, -0.1) is 0 Å². The Morgan fingerprint density at radius 2 is 2.42 bits per heavy atom. The van der Waals surface area contributed by atoms with E-state index in [1.54, 1.807) is 11.0 Å². The number of piperidine rings is 1. The lowest BCUT2D eigenvalue weighted by Gasteiger charge is -2.27. The van der Waals surface area contributed by atoms with Crippen molar-refractivity contribution in [3.8, 4) is 0 Å². The summed E-state index contributed by atoms with van der Waals surface area (Å²) in [5, 5.41) is 6.01. The summed E-state index contributed by atoms with van der Waals surface area (Å²) in [6.07, 6.45) is 5.24. The van der Waals surface area contributed by atoms with Crippen LogP contribution in [0.1, 0.15) is 12.8 Å². The molecule has 0 radical (unpaired) electrons. The van der Waals surface area contributed by atoms with Crippen LogP contribution in [0.3, 0.4) is 0 Å². The highest BCUT2D eigenvalue weighted by Gasteiger charge is 2.16. The summed E-state index contributed by atoms with van der Waals surface area (Å²) in [4.78, 5) is 12.8. The maximum atomic E-state index is 11.1. The van der Waals surface area contributed by atoms with Crippen molar-refractivity contribution in [1.29, 1.82) is 0 Å². The van der Waals surface area contributed by atoms with E-state index in [0.717, 1.165) is 19.4 Å². The van der Waals surface area contributed by atoms with Gasteiger partial charge in [0.25, 0.3) is 0 Å². The average Bonchev–Trinajstić information content (AvgIpc) is 2.56. The Morgan fingerprint density at radius 1 is 1.50 bits per heavy atom. The van der Waals surface area contributed by atoms with E-state index in [1.165, 1.54) is 0 Å². The number of carbonyl (C=O) groups is 1. The zero-order chi connectivity index (χ0) is 8.39. The third-order valence-electron chi connectivity index (χ3n) is 2.01. The van der Waals surface area contributed by atoms with Crippen molar-refractivity contribution in [2.75, 3.05) is 18.1 Å². The van der Waals surface area contributed by atoms with E-state index >= 15 is 0 Å². The van der Waals surface area contributed by atoms with Crippen LogP contribution < -0.4 is 5.01 Å². The summed E-state index contributed by atoms with van der Waals surface area (Å²) in [7, 11) is 0. The van der Waals surface area contributed by atoms with Gasteiger partial charge in [0.2, 0.25) is 0 Å². The molecule has 0 aliphatic carbocycles. The molecule has 1 aromatic rings. The van der Waals surface area contributed by atoms with Crippen LogP contribution in [-0.2, 0) is 4.79 Å². The zero-order valence-corrected chi connectivity index (χ0v) is 6.81. The van der Waals surface area contributed by atoms with E-state index < -0.39 is 0 Å². The number of aromatic nitrogens is 2. The molecule has 0 amide bonds. The van der Waals surface area contributed by atoms with E-state index in [2.05, 4.69) is 5.10 Å². The minimum absolute atomic E-state index is 0.303. The molecular weight excluding hydrogens is 154 g/mol. The molecule has 0 N–H and O–H groups in total. The largest absolute Gasteiger partial charge is 0.298 e. The van der Waals surface area contributed by atoms with Gasteiger partial charge in [0.1, 0.15) is 0 Å². The molecule has 1 aromatic heterocycles. The lowest BCUT2D eigenvalue weighted by atomic mass is 10.1.